The Morgan fingerprint density at radius 1 is 1.00 bits per heavy atom. The summed E-state index contributed by atoms with van der Waals surface area (Å²) in [4.78, 5) is 15.2. The summed E-state index contributed by atoms with van der Waals surface area (Å²) >= 11 is 9.37. The largest absolute Gasteiger partial charge is 0.339 e. The van der Waals surface area contributed by atoms with Gasteiger partial charge in [0.05, 0.1) is 10.3 Å². The highest BCUT2D eigenvalue weighted by Crippen LogP contribution is 2.50. The van der Waals surface area contributed by atoms with Crippen molar-refractivity contribution in [3.05, 3.63) is 63.6 Å². The van der Waals surface area contributed by atoms with Crippen LogP contribution in [-0.2, 0) is 20.2 Å². The Labute approximate surface area is 178 Å². The molecule has 28 heavy (non-hydrogen) atoms. The Kier molecular flexibility index (Phi) is 5.29. The van der Waals surface area contributed by atoms with Crippen molar-refractivity contribution in [3.8, 4) is 0 Å². The molecular formula is C20H20BrClN2O3S. The predicted octanol–water partition coefficient (Wildman–Crippen LogP) is 3.67. The Morgan fingerprint density at radius 2 is 1.64 bits per heavy atom. The second-order valence-electron chi connectivity index (χ2n) is 7.24. The van der Waals surface area contributed by atoms with Crippen molar-refractivity contribution in [2.24, 2.45) is 0 Å². The molecule has 4 rings (SSSR count). The van der Waals surface area contributed by atoms with Gasteiger partial charge in [0.1, 0.15) is 0 Å². The first-order chi connectivity index (χ1) is 13.3. The smallest absolute Gasteiger partial charge is 0.243 e. The summed E-state index contributed by atoms with van der Waals surface area (Å²) < 4.78 is 28.1. The normalized spacial score (nSPS) is 19.4. The maximum atomic E-state index is 13.2. The topological polar surface area (TPSA) is 57.7 Å². The molecule has 0 radical (unpaired) electrons. The van der Waals surface area contributed by atoms with Crippen molar-refractivity contribution < 1.29 is 13.2 Å². The van der Waals surface area contributed by atoms with E-state index in [9.17, 15) is 13.2 Å². The first-order valence-corrected chi connectivity index (χ1v) is 11.8. The van der Waals surface area contributed by atoms with Crippen LogP contribution in [0.1, 0.15) is 18.4 Å². The van der Waals surface area contributed by atoms with Crippen LogP contribution in [-0.4, -0.2) is 49.7 Å². The number of benzene rings is 2. The molecule has 1 heterocycles. The van der Waals surface area contributed by atoms with Crippen LogP contribution < -0.4 is 0 Å². The number of carbonyl (C=O) groups excluding carboxylic acids is 1. The quantitative estimate of drug-likeness (QED) is 0.667. The van der Waals surface area contributed by atoms with E-state index in [1.165, 1.54) is 10.4 Å². The lowest BCUT2D eigenvalue weighted by molar-refractivity contribution is -0.135. The van der Waals surface area contributed by atoms with Crippen molar-refractivity contribution in [2.75, 3.05) is 26.2 Å². The third-order valence-corrected chi connectivity index (χ3v) is 8.17. The summed E-state index contributed by atoms with van der Waals surface area (Å²) in [6, 6.07) is 14.2. The van der Waals surface area contributed by atoms with Gasteiger partial charge in [-0.25, -0.2) is 8.42 Å². The van der Waals surface area contributed by atoms with Gasteiger partial charge in [0.15, 0.2) is 0 Å². The van der Waals surface area contributed by atoms with Gasteiger partial charge in [-0.05, 0) is 48.7 Å². The fourth-order valence-corrected chi connectivity index (χ4v) is 5.72. The third-order valence-electron chi connectivity index (χ3n) is 5.52. The molecule has 1 aliphatic carbocycles. The van der Waals surface area contributed by atoms with Gasteiger partial charge >= 0.3 is 0 Å². The van der Waals surface area contributed by atoms with E-state index in [-0.39, 0.29) is 23.9 Å². The monoisotopic (exact) mass is 482 g/mol. The van der Waals surface area contributed by atoms with E-state index in [2.05, 4.69) is 15.9 Å². The van der Waals surface area contributed by atoms with Gasteiger partial charge in [-0.2, -0.15) is 4.31 Å². The molecule has 1 saturated heterocycles. The molecule has 2 aromatic rings. The number of hydrogen-bond acceptors (Lipinski definition) is 3. The summed E-state index contributed by atoms with van der Waals surface area (Å²) in [6.07, 6.45) is 1.68. The highest BCUT2D eigenvalue weighted by molar-refractivity contribution is 9.10. The number of rotatable bonds is 4. The van der Waals surface area contributed by atoms with Crippen molar-refractivity contribution in [2.45, 2.75) is 23.2 Å². The summed E-state index contributed by atoms with van der Waals surface area (Å²) in [5, 5.41) is 0.389. The molecular weight excluding hydrogens is 464 g/mol. The zero-order chi connectivity index (χ0) is 19.9. The van der Waals surface area contributed by atoms with Crippen LogP contribution in [0.5, 0.6) is 0 Å². The maximum Gasteiger partial charge on any atom is 0.243 e. The van der Waals surface area contributed by atoms with Gasteiger partial charge in [0.25, 0.3) is 0 Å². The average molecular weight is 484 g/mol. The zero-order valence-corrected chi connectivity index (χ0v) is 18.3. The van der Waals surface area contributed by atoms with Crippen molar-refractivity contribution in [1.82, 2.24) is 9.21 Å². The highest BCUT2D eigenvalue weighted by atomic mass is 79.9. The minimum absolute atomic E-state index is 0.106. The van der Waals surface area contributed by atoms with Gasteiger partial charge in [0, 0.05) is 35.7 Å². The molecule has 2 fully saturated rings. The van der Waals surface area contributed by atoms with Gasteiger partial charge in [-0.15, -0.1) is 0 Å². The Bertz CT molecular complexity index is 998. The lowest BCUT2D eigenvalue weighted by Gasteiger charge is -2.36. The molecule has 8 heteroatoms. The highest BCUT2D eigenvalue weighted by Gasteiger charge is 2.53. The van der Waals surface area contributed by atoms with Gasteiger partial charge < -0.3 is 4.90 Å². The Hall–Kier alpha value is -1.41. The zero-order valence-electron chi connectivity index (χ0n) is 15.1. The van der Waals surface area contributed by atoms with Gasteiger partial charge in [-0.3, -0.25) is 4.79 Å². The van der Waals surface area contributed by atoms with Crippen molar-refractivity contribution >= 4 is 43.5 Å². The van der Waals surface area contributed by atoms with Crippen LogP contribution in [0.2, 0.25) is 5.02 Å². The van der Waals surface area contributed by atoms with Crippen LogP contribution in [0.15, 0.2) is 57.9 Å². The maximum absolute atomic E-state index is 13.2. The number of carbonyl (C=O) groups is 1. The molecule has 0 aromatic heterocycles. The van der Waals surface area contributed by atoms with E-state index in [0.29, 0.717) is 18.1 Å². The SMILES string of the molecule is O=C(N1CCN(S(=O)(=O)c2cccc(Cl)c2)CC1)C1(c2ccc(Br)cc2)CC1. The molecule has 1 saturated carbocycles. The van der Waals surface area contributed by atoms with Crippen molar-refractivity contribution in [1.29, 1.82) is 0 Å². The van der Waals surface area contributed by atoms with Gasteiger partial charge in [-0.1, -0.05) is 45.7 Å². The number of hydrogen-bond donors (Lipinski definition) is 0. The number of sulfonamides is 1. The number of halogens is 2. The lowest BCUT2D eigenvalue weighted by Crippen LogP contribution is -2.52. The second-order valence-corrected chi connectivity index (χ2v) is 10.5. The Balaban J connectivity index is 1.46. The van der Waals surface area contributed by atoms with Crippen LogP contribution in [0, 0.1) is 0 Å². The van der Waals surface area contributed by atoms with E-state index in [4.69, 9.17) is 11.6 Å². The fourth-order valence-electron chi connectivity index (χ4n) is 3.73. The summed E-state index contributed by atoms with van der Waals surface area (Å²) in [5.74, 6) is 0.106. The van der Waals surface area contributed by atoms with Crippen LogP contribution in [0.4, 0.5) is 0 Å². The number of nitrogens with zero attached hydrogens (tertiary/aromatic N) is 2. The molecule has 2 aliphatic rings. The molecule has 148 valence electrons. The molecule has 2 aromatic carbocycles. The predicted molar refractivity (Wildman–Crippen MR) is 112 cm³/mol. The fraction of sp³-hybridized carbons (Fsp3) is 0.350. The van der Waals surface area contributed by atoms with Gasteiger partial charge in [0.2, 0.25) is 15.9 Å². The Morgan fingerprint density at radius 3 is 2.21 bits per heavy atom. The molecule has 0 bridgehead atoms. The number of piperazine rings is 1. The van der Waals surface area contributed by atoms with Crippen LogP contribution in [0.25, 0.3) is 0 Å². The summed E-state index contributed by atoms with van der Waals surface area (Å²) in [5.41, 5.74) is 0.601. The van der Waals surface area contributed by atoms with E-state index in [1.807, 2.05) is 24.3 Å². The number of amides is 1. The summed E-state index contributed by atoms with van der Waals surface area (Å²) in [6.45, 7) is 1.38. The first kappa shape index (κ1) is 19.9. The standard InChI is InChI=1S/C20H20BrClN2O3S/c21-16-6-4-15(5-7-16)20(8-9-20)19(25)23-10-12-24(13-11-23)28(26,27)18-3-1-2-17(22)14-18/h1-7,14H,8-13H2. The first-order valence-electron chi connectivity index (χ1n) is 9.14. The third kappa shape index (κ3) is 3.61. The molecule has 0 atom stereocenters. The lowest BCUT2D eigenvalue weighted by atomic mass is 9.94. The van der Waals surface area contributed by atoms with E-state index >= 15 is 0 Å². The summed E-state index contributed by atoms with van der Waals surface area (Å²) in [7, 11) is -3.60. The second kappa shape index (κ2) is 7.44. The van der Waals surface area contributed by atoms with Crippen molar-refractivity contribution in [3.63, 3.8) is 0 Å². The van der Waals surface area contributed by atoms with Crippen LogP contribution >= 0.6 is 27.5 Å². The minimum atomic E-state index is -3.60. The molecule has 0 N–H and O–H groups in total. The molecule has 5 nitrogen and oxygen atoms in total. The molecule has 1 amide bonds. The van der Waals surface area contributed by atoms with E-state index in [0.717, 1.165) is 22.9 Å². The molecule has 1 aliphatic heterocycles. The van der Waals surface area contributed by atoms with E-state index < -0.39 is 15.4 Å². The molecule has 0 spiro atoms. The average Bonchev–Trinajstić information content (AvgIpc) is 3.50. The minimum Gasteiger partial charge on any atom is -0.339 e. The van der Waals surface area contributed by atoms with Crippen LogP contribution in [0.3, 0.4) is 0 Å². The molecule has 0 unspecified atom stereocenters. The van der Waals surface area contributed by atoms with E-state index in [1.54, 1.807) is 23.1 Å².